The number of nitrogens with one attached hydrogen (secondary N) is 1. The van der Waals surface area contributed by atoms with Crippen molar-refractivity contribution in [1.82, 2.24) is 15.2 Å². The molecule has 2 heterocycles. The number of anilines is 1. The number of hydrogen-bond donors (Lipinski definition) is 2. The number of benzene rings is 1. The summed E-state index contributed by atoms with van der Waals surface area (Å²) in [5.41, 5.74) is 5.44. The smallest absolute Gasteiger partial charge is 0.383 e. The van der Waals surface area contributed by atoms with Gasteiger partial charge >= 0.3 is 6.18 Å². The second-order valence-corrected chi connectivity index (χ2v) is 5.78. The van der Waals surface area contributed by atoms with Crippen molar-refractivity contribution >= 4 is 17.4 Å². The van der Waals surface area contributed by atoms with Crippen molar-refractivity contribution in [1.29, 1.82) is 10.5 Å². The largest absolute Gasteiger partial charge is 0.417 e. The van der Waals surface area contributed by atoms with Crippen LogP contribution in [0.15, 0.2) is 30.6 Å². The number of hydrogen-bond acceptors (Lipinski definition) is 5. The summed E-state index contributed by atoms with van der Waals surface area (Å²) in [6, 6.07) is 6.74. The Labute approximate surface area is 155 Å². The number of nitrogen functional groups attached to an aromatic ring is 1. The van der Waals surface area contributed by atoms with E-state index in [0.717, 1.165) is 18.2 Å². The topological polar surface area (TPSA) is 115 Å². The van der Waals surface area contributed by atoms with E-state index in [9.17, 15) is 23.7 Å². The quantitative estimate of drug-likeness (QED) is 0.684. The highest BCUT2D eigenvalue weighted by Gasteiger charge is 2.33. The molecule has 0 aliphatic rings. The lowest BCUT2D eigenvalue weighted by molar-refractivity contribution is -0.137. The predicted octanol–water partition coefficient (Wildman–Crippen LogP) is 4.14. The summed E-state index contributed by atoms with van der Waals surface area (Å²) in [6.07, 6.45) is -1.76. The summed E-state index contributed by atoms with van der Waals surface area (Å²) in [4.78, 5) is 4.08. The third-order valence-electron chi connectivity index (χ3n) is 3.78. The molecule has 1 aromatic carbocycles. The van der Waals surface area contributed by atoms with Gasteiger partial charge in [0.2, 0.25) is 0 Å². The van der Waals surface area contributed by atoms with E-state index in [4.69, 9.17) is 17.3 Å². The number of aromatic nitrogens is 3. The fraction of sp³-hybridized carbons (Fsp3) is 0.0588. The van der Waals surface area contributed by atoms with Crippen LogP contribution in [0, 0.1) is 22.7 Å². The average molecular weight is 389 g/mol. The molecule has 27 heavy (non-hydrogen) atoms. The number of aromatic amines is 1. The van der Waals surface area contributed by atoms with Crippen LogP contribution in [0.3, 0.4) is 0 Å². The molecule has 0 aliphatic carbocycles. The molecule has 0 spiro atoms. The van der Waals surface area contributed by atoms with Crippen LogP contribution in [0.2, 0.25) is 5.02 Å². The molecule has 0 fully saturated rings. The number of nitriles is 2. The van der Waals surface area contributed by atoms with E-state index in [1.165, 1.54) is 12.4 Å². The van der Waals surface area contributed by atoms with E-state index in [1.54, 1.807) is 0 Å². The zero-order chi connectivity index (χ0) is 19.8. The molecule has 3 rings (SSSR count). The van der Waals surface area contributed by atoms with Gasteiger partial charge < -0.3 is 5.73 Å². The Hall–Kier alpha value is -3.56. The van der Waals surface area contributed by atoms with Gasteiger partial charge in [-0.3, -0.25) is 5.10 Å². The standard InChI is InChI=1S/C17H8ClF3N6/c18-13-3-8(1-2-12(13)17(19,20)21)14-10(4-22)15(9-6-25-26-7-9)27-16(24)11(14)5-23/h1-3,6-7H,(H2,24,27)(H,25,26). The minimum Gasteiger partial charge on any atom is -0.383 e. The van der Waals surface area contributed by atoms with Crippen LogP contribution < -0.4 is 5.73 Å². The Morgan fingerprint density at radius 3 is 2.33 bits per heavy atom. The zero-order valence-corrected chi connectivity index (χ0v) is 14.0. The molecule has 0 bridgehead atoms. The molecule has 6 nitrogen and oxygen atoms in total. The fourth-order valence-corrected chi connectivity index (χ4v) is 2.89. The molecule has 2 aromatic heterocycles. The van der Waals surface area contributed by atoms with Gasteiger partial charge in [-0.15, -0.1) is 0 Å². The van der Waals surface area contributed by atoms with Crippen molar-refractivity contribution < 1.29 is 13.2 Å². The van der Waals surface area contributed by atoms with Gasteiger partial charge in [0.15, 0.2) is 0 Å². The summed E-state index contributed by atoms with van der Waals surface area (Å²) in [5.74, 6) is -0.168. The highest BCUT2D eigenvalue weighted by Crippen LogP contribution is 2.40. The van der Waals surface area contributed by atoms with Crippen LogP contribution in [0.25, 0.3) is 22.4 Å². The minimum atomic E-state index is -4.63. The van der Waals surface area contributed by atoms with E-state index in [-0.39, 0.29) is 33.8 Å². The van der Waals surface area contributed by atoms with Gasteiger partial charge in [0.1, 0.15) is 23.5 Å². The van der Waals surface area contributed by atoms with Crippen molar-refractivity contribution in [3.63, 3.8) is 0 Å². The first-order valence-electron chi connectivity index (χ1n) is 7.27. The van der Waals surface area contributed by atoms with Gasteiger partial charge in [-0.25, -0.2) is 4.98 Å². The Morgan fingerprint density at radius 1 is 1.11 bits per heavy atom. The molecule has 10 heteroatoms. The summed E-state index contributed by atoms with van der Waals surface area (Å²) < 4.78 is 38.9. The summed E-state index contributed by atoms with van der Waals surface area (Å²) in [7, 11) is 0. The maximum atomic E-state index is 13.0. The maximum absolute atomic E-state index is 13.0. The number of halogens is 4. The van der Waals surface area contributed by atoms with Gasteiger partial charge in [0.25, 0.3) is 0 Å². The van der Waals surface area contributed by atoms with Gasteiger partial charge in [0.05, 0.1) is 28.0 Å². The van der Waals surface area contributed by atoms with Gasteiger partial charge in [-0.1, -0.05) is 17.7 Å². The molecule has 0 radical (unpaired) electrons. The van der Waals surface area contributed by atoms with E-state index < -0.39 is 16.8 Å². The van der Waals surface area contributed by atoms with Gasteiger partial charge in [-0.05, 0) is 17.7 Å². The van der Waals surface area contributed by atoms with Crippen LogP contribution in [-0.4, -0.2) is 15.2 Å². The predicted molar refractivity (Wildman–Crippen MR) is 91.1 cm³/mol. The Morgan fingerprint density at radius 2 is 1.81 bits per heavy atom. The Bertz CT molecular complexity index is 1110. The lowest BCUT2D eigenvalue weighted by atomic mass is 9.92. The average Bonchev–Trinajstić information content (AvgIpc) is 3.14. The first kappa shape index (κ1) is 18.2. The fourth-order valence-electron chi connectivity index (χ4n) is 2.60. The van der Waals surface area contributed by atoms with Crippen molar-refractivity contribution in [3.8, 4) is 34.5 Å². The zero-order valence-electron chi connectivity index (χ0n) is 13.3. The molecule has 3 aromatic rings. The van der Waals surface area contributed by atoms with E-state index in [0.29, 0.717) is 5.56 Å². The SMILES string of the molecule is N#Cc1c(N)nc(-c2cn[nH]c2)c(C#N)c1-c1ccc(C(F)(F)F)c(Cl)c1. The number of alkyl halides is 3. The molecule has 0 saturated carbocycles. The highest BCUT2D eigenvalue weighted by molar-refractivity contribution is 6.31. The number of nitrogens with zero attached hydrogens (tertiary/aromatic N) is 4. The first-order chi connectivity index (χ1) is 12.8. The van der Waals surface area contributed by atoms with E-state index >= 15 is 0 Å². The number of rotatable bonds is 2. The molecule has 3 N–H and O–H groups in total. The van der Waals surface area contributed by atoms with Crippen LogP contribution in [0.1, 0.15) is 16.7 Å². The summed E-state index contributed by atoms with van der Waals surface area (Å²) >= 11 is 5.79. The van der Waals surface area contributed by atoms with Gasteiger partial charge in [-0.2, -0.15) is 28.8 Å². The summed E-state index contributed by atoms with van der Waals surface area (Å²) in [5, 5.41) is 24.9. The van der Waals surface area contributed by atoms with Crippen molar-refractivity contribution in [2.45, 2.75) is 6.18 Å². The molecule has 0 atom stereocenters. The normalized spacial score (nSPS) is 11.0. The minimum absolute atomic E-state index is 0.0297. The second kappa shape index (κ2) is 6.63. The number of nitrogens with two attached hydrogens (primary N) is 1. The number of pyridine rings is 1. The van der Waals surface area contributed by atoms with Crippen molar-refractivity contribution in [3.05, 3.63) is 52.3 Å². The molecule has 134 valence electrons. The van der Waals surface area contributed by atoms with Crippen LogP contribution in [-0.2, 0) is 6.18 Å². The molecular formula is C17H8ClF3N6. The maximum Gasteiger partial charge on any atom is 0.417 e. The third kappa shape index (κ3) is 3.16. The van der Waals surface area contributed by atoms with Crippen LogP contribution in [0.4, 0.5) is 19.0 Å². The lowest BCUT2D eigenvalue weighted by Crippen LogP contribution is -2.07. The molecular weight excluding hydrogens is 381 g/mol. The number of H-pyrrole nitrogens is 1. The third-order valence-corrected chi connectivity index (χ3v) is 4.10. The monoisotopic (exact) mass is 388 g/mol. The van der Waals surface area contributed by atoms with Crippen LogP contribution >= 0.6 is 11.6 Å². The molecule has 0 saturated heterocycles. The van der Waals surface area contributed by atoms with E-state index in [2.05, 4.69) is 15.2 Å². The van der Waals surface area contributed by atoms with Gasteiger partial charge in [0, 0.05) is 17.3 Å². The second-order valence-electron chi connectivity index (χ2n) is 5.37. The highest BCUT2D eigenvalue weighted by atomic mass is 35.5. The Kier molecular flexibility index (Phi) is 4.48. The van der Waals surface area contributed by atoms with Crippen molar-refractivity contribution in [2.75, 3.05) is 5.73 Å². The lowest BCUT2D eigenvalue weighted by Gasteiger charge is -2.14. The summed E-state index contributed by atoms with van der Waals surface area (Å²) in [6.45, 7) is 0. The van der Waals surface area contributed by atoms with Crippen molar-refractivity contribution in [2.24, 2.45) is 0 Å². The molecule has 0 unspecified atom stereocenters. The Balaban J connectivity index is 2.35. The van der Waals surface area contributed by atoms with E-state index in [1.807, 2.05) is 12.1 Å². The first-order valence-corrected chi connectivity index (χ1v) is 7.65. The molecule has 0 aliphatic heterocycles. The van der Waals surface area contributed by atoms with Crippen LogP contribution in [0.5, 0.6) is 0 Å². The molecule has 0 amide bonds.